The lowest BCUT2D eigenvalue weighted by molar-refractivity contribution is -0.128. The Hall–Kier alpha value is -1.88. The number of rotatable bonds is 2. The number of Topliss-reactive ketones (excluding diaryl/α,β-unsaturated/α-hetero) is 1. The Bertz CT molecular complexity index is 646. The predicted molar refractivity (Wildman–Crippen MR) is 91.7 cm³/mol. The minimum absolute atomic E-state index is 0.00724. The summed E-state index contributed by atoms with van der Waals surface area (Å²) < 4.78 is 5.52. The lowest BCUT2D eigenvalue weighted by atomic mass is 9.73. The first kappa shape index (κ1) is 16.6. The van der Waals surface area contributed by atoms with Gasteiger partial charge in [-0.15, -0.1) is 0 Å². The Morgan fingerprint density at radius 1 is 1.24 bits per heavy atom. The van der Waals surface area contributed by atoms with Crippen LogP contribution in [0.15, 0.2) is 30.3 Å². The van der Waals surface area contributed by atoms with E-state index in [1.807, 2.05) is 30.3 Å². The molecule has 5 nitrogen and oxygen atoms in total. The molecule has 2 aliphatic carbocycles. The maximum Gasteiger partial charge on any atom is 0.410 e. The molecule has 0 spiro atoms. The van der Waals surface area contributed by atoms with Crippen LogP contribution in [0, 0.1) is 17.8 Å². The second-order valence-electron chi connectivity index (χ2n) is 7.72. The Morgan fingerprint density at radius 2 is 2.04 bits per heavy atom. The summed E-state index contributed by atoms with van der Waals surface area (Å²) >= 11 is 0. The van der Waals surface area contributed by atoms with E-state index in [2.05, 4.69) is 0 Å². The van der Waals surface area contributed by atoms with Crippen molar-refractivity contribution in [3.05, 3.63) is 35.9 Å². The fraction of sp³-hybridized carbons (Fsp3) is 0.600. The summed E-state index contributed by atoms with van der Waals surface area (Å²) in [6.07, 6.45) is 3.00. The molecule has 2 heterocycles. The number of piperidine rings is 1. The molecule has 4 aliphatic rings. The quantitative estimate of drug-likeness (QED) is 0.897. The van der Waals surface area contributed by atoms with E-state index in [0.717, 1.165) is 24.8 Å². The number of hydrogen-bond acceptors (Lipinski definition) is 4. The molecule has 1 amide bonds. The molecule has 5 rings (SSSR count). The van der Waals surface area contributed by atoms with Gasteiger partial charge in [0.25, 0.3) is 0 Å². The van der Waals surface area contributed by atoms with Crippen molar-refractivity contribution in [1.82, 2.24) is 4.90 Å². The second kappa shape index (κ2) is 6.79. The summed E-state index contributed by atoms with van der Waals surface area (Å²) in [5, 5.41) is 10.6. The fourth-order valence-electron chi connectivity index (χ4n) is 5.06. The molecule has 1 aromatic rings. The lowest BCUT2D eigenvalue weighted by Crippen LogP contribution is -2.56. The molecule has 2 saturated carbocycles. The van der Waals surface area contributed by atoms with Crippen LogP contribution in [0.25, 0.3) is 0 Å². The van der Waals surface area contributed by atoms with E-state index in [1.165, 1.54) is 0 Å². The van der Waals surface area contributed by atoms with Crippen LogP contribution in [0.5, 0.6) is 0 Å². The Morgan fingerprint density at radius 3 is 2.84 bits per heavy atom. The van der Waals surface area contributed by atoms with Gasteiger partial charge in [-0.1, -0.05) is 30.3 Å². The van der Waals surface area contributed by atoms with E-state index in [1.54, 1.807) is 4.90 Å². The van der Waals surface area contributed by atoms with Gasteiger partial charge in [0, 0.05) is 18.9 Å². The highest BCUT2D eigenvalue weighted by Crippen LogP contribution is 2.45. The van der Waals surface area contributed by atoms with Crippen molar-refractivity contribution in [3.8, 4) is 0 Å². The van der Waals surface area contributed by atoms with Crippen molar-refractivity contribution < 1.29 is 19.4 Å². The third-order valence-corrected chi connectivity index (χ3v) is 6.14. The molecular weight excluding hydrogens is 318 g/mol. The highest BCUT2D eigenvalue weighted by atomic mass is 16.6. The molecule has 0 unspecified atom stereocenters. The number of aliphatic hydroxyl groups excluding tert-OH is 1. The van der Waals surface area contributed by atoms with Gasteiger partial charge in [0.15, 0.2) is 0 Å². The van der Waals surface area contributed by atoms with Crippen LogP contribution in [0.2, 0.25) is 0 Å². The monoisotopic (exact) mass is 343 g/mol. The number of carbonyl (C=O) groups is 2. The average Bonchev–Trinajstić information content (AvgIpc) is 2.87. The van der Waals surface area contributed by atoms with Gasteiger partial charge >= 0.3 is 6.09 Å². The van der Waals surface area contributed by atoms with Crippen LogP contribution in [-0.4, -0.2) is 40.6 Å². The third-order valence-electron chi connectivity index (χ3n) is 6.14. The molecule has 5 heteroatoms. The van der Waals surface area contributed by atoms with Crippen molar-refractivity contribution in [2.45, 2.75) is 50.9 Å². The molecule has 5 atom stereocenters. The number of ketones is 1. The number of carbonyl (C=O) groups excluding carboxylic acids is 2. The molecule has 0 aromatic heterocycles. The molecule has 2 bridgehead atoms. The summed E-state index contributed by atoms with van der Waals surface area (Å²) in [6, 6.07) is 9.32. The van der Waals surface area contributed by atoms with Gasteiger partial charge in [0.1, 0.15) is 12.4 Å². The minimum Gasteiger partial charge on any atom is -0.445 e. The minimum atomic E-state index is -0.552. The lowest BCUT2D eigenvalue weighted by Gasteiger charge is -2.43. The van der Waals surface area contributed by atoms with Gasteiger partial charge in [-0.2, -0.15) is 0 Å². The van der Waals surface area contributed by atoms with E-state index in [4.69, 9.17) is 4.74 Å². The predicted octanol–water partition coefficient (Wildman–Crippen LogP) is 2.76. The normalized spacial score (nSPS) is 34.4. The average molecular weight is 343 g/mol. The largest absolute Gasteiger partial charge is 0.445 e. The summed E-state index contributed by atoms with van der Waals surface area (Å²) in [5.74, 6) is 0.591. The molecule has 0 radical (unpaired) electrons. The van der Waals surface area contributed by atoms with Gasteiger partial charge in [-0.05, 0) is 43.1 Å². The standard InChI is InChI=1S/C20H25NO4/c22-17-8-4-7-15-16(17)9-14-10-18(23)19(15)21(11-14)20(24)25-12-13-5-2-1-3-6-13/h1-3,5-6,14-16,18-19,23H,4,7-12H2/t14-,15+,16+,18+,19+/m0/s1. The van der Waals surface area contributed by atoms with Crippen molar-refractivity contribution in [2.24, 2.45) is 17.8 Å². The molecule has 134 valence electrons. The van der Waals surface area contributed by atoms with Crippen LogP contribution in [-0.2, 0) is 16.1 Å². The first-order valence-corrected chi connectivity index (χ1v) is 9.31. The van der Waals surface area contributed by atoms with Gasteiger partial charge in [0.2, 0.25) is 0 Å². The number of benzene rings is 1. The van der Waals surface area contributed by atoms with Gasteiger partial charge in [-0.3, -0.25) is 4.79 Å². The fourth-order valence-corrected chi connectivity index (χ4v) is 5.06. The molecule has 25 heavy (non-hydrogen) atoms. The van der Waals surface area contributed by atoms with Crippen LogP contribution in [0.3, 0.4) is 0 Å². The number of hydrogen-bond donors (Lipinski definition) is 1. The number of aliphatic hydroxyl groups is 1. The van der Waals surface area contributed by atoms with Crippen molar-refractivity contribution in [2.75, 3.05) is 6.54 Å². The Balaban J connectivity index is 1.51. The number of amides is 1. The number of fused-ring (bicyclic) bond motifs is 2. The molecular formula is C20H25NO4. The van der Waals surface area contributed by atoms with Crippen LogP contribution in [0.1, 0.15) is 37.7 Å². The van der Waals surface area contributed by atoms with E-state index < -0.39 is 6.10 Å². The van der Waals surface area contributed by atoms with Crippen molar-refractivity contribution in [1.29, 1.82) is 0 Å². The van der Waals surface area contributed by atoms with Gasteiger partial charge in [0.05, 0.1) is 12.1 Å². The van der Waals surface area contributed by atoms with Gasteiger partial charge in [-0.25, -0.2) is 4.79 Å². The van der Waals surface area contributed by atoms with Crippen LogP contribution < -0.4 is 0 Å². The summed E-state index contributed by atoms with van der Waals surface area (Å²) in [5.41, 5.74) is 0.946. The Labute approximate surface area is 148 Å². The van der Waals surface area contributed by atoms with E-state index in [0.29, 0.717) is 25.2 Å². The number of ether oxygens (including phenoxy) is 1. The molecule has 2 saturated heterocycles. The van der Waals surface area contributed by atoms with E-state index in [-0.39, 0.29) is 36.5 Å². The topological polar surface area (TPSA) is 66.8 Å². The zero-order valence-corrected chi connectivity index (χ0v) is 14.3. The summed E-state index contributed by atoms with van der Waals surface area (Å²) in [7, 11) is 0. The molecule has 4 fully saturated rings. The van der Waals surface area contributed by atoms with Crippen LogP contribution >= 0.6 is 0 Å². The summed E-state index contributed by atoms with van der Waals surface area (Å²) in [4.78, 5) is 26.8. The maximum absolute atomic E-state index is 12.7. The van der Waals surface area contributed by atoms with E-state index in [9.17, 15) is 14.7 Å². The van der Waals surface area contributed by atoms with Crippen LogP contribution in [0.4, 0.5) is 4.79 Å². The van der Waals surface area contributed by atoms with Gasteiger partial charge < -0.3 is 14.7 Å². The van der Waals surface area contributed by atoms with Crippen molar-refractivity contribution >= 4 is 11.9 Å². The van der Waals surface area contributed by atoms with Crippen molar-refractivity contribution in [3.63, 3.8) is 0 Å². The first-order valence-electron chi connectivity index (χ1n) is 9.31. The highest BCUT2D eigenvalue weighted by Gasteiger charge is 2.51. The smallest absolute Gasteiger partial charge is 0.410 e. The SMILES string of the molecule is O=C1CCC[C@H]2[C@@H]3[C@H](O)C[C@H](C[C@@H]12)CN3C(=O)OCc1ccccc1. The zero-order chi connectivity index (χ0) is 17.4. The Kier molecular flexibility index (Phi) is 4.50. The molecule has 1 aromatic carbocycles. The first-order chi connectivity index (χ1) is 12.1. The number of nitrogens with zero attached hydrogens (tertiary/aromatic N) is 1. The second-order valence-corrected chi connectivity index (χ2v) is 7.72. The molecule has 1 N–H and O–H groups in total. The zero-order valence-electron chi connectivity index (χ0n) is 14.3. The van der Waals surface area contributed by atoms with E-state index >= 15 is 0 Å². The molecule has 2 aliphatic heterocycles. The highest BCUT2D eigenvalue weighted by molar-refractivity contribution is 5.82. The third kappa shape index (κ3) is 3.17. The maximum atomic E-state index is 12.7. The summed E-state index contributed by atoms with van der Waals surface area (Å²) in [6.45, 7) is 0.826.